The van der Waals surface area contributed by atoms with Gasteiger partial charge >= 0.3 is 0 Å². The lowest BCUT2D eigenvalue weighted by Crippen LogP contribution is -2.59. The van der Waals surface area contributed by atoms with E-state index in [1.165, 1.54) is 16.2 Å². The van der Waals surface area contributed by atoms with E-state index in [1.54, 1.807) is 17.9 Å². The van der Waals surface area contributed by atoms with Gasteiger partial charge in [0.25, 0.3) is 0 Å². The van der Waals surface area contributed by atoms with E-state index < -0.39 is 65.7 Å². The van der Waals surface area contributed by atoms with E-state index in [0.717, 1.165) is 11.1 Å². The number of benzene rings is 2. The zero-order chi connectivity index (χ0) is 37.2. The van der Waals surface area contributed by atoms with Crippen LogP contribution in [0.3, 0.4) is 0 Å². The number of aromatic nitrogens is 1. The first-order chi connectivity index (χ1) is 24.3. The summed E-state index contributed by atoms with van der Waals surface area (Å²) < 4.78 is 0. The molecular formula is C39H52N6O5S. The lowest BCUT2D eigenvalue weighted by molar-refractivity contribution is -0.144. The van der Waals surface area contributed by atoms with Crippen LogP contribution in [0, 0.1) is 17.8 Å². The van der Waals surface area contributed by atoms with Crippen molar-refractivity contribution < 1.29 is 24.0 Å². The summed E-state index contributed by atoms with van der Waals surface area (Å²) in [5.74, 6) is -3.58. The van der Waals surface area contributed by atoms with Crippen molar-refractivity contribution in [2.24, 2.45) is 17.8 Å². The van der Waals surface area contributed by atoms with Gasteiger partial charge < -0.3 is 26.2 Å². The maximum Gasteiger partial charge on any atom is 0.245 e. The van der Waals surface area contributed by atoms with Gasteiger partial charge in [-0.25, -0.2) is 4.98 Å². The first-order valence-corrected chi connectivity index (χ1v) is 18.7. The molecule has 0 unspecified atom stereocenters. The Morgan fingerprint density at radius 2 is 1.18 bits per heavy atom. The first kappa shape index (κ1) is 39.2. The van der Waals surface area contributed by atoms with Gasteiger partial charge in [0.05, 0.1) is 11.2 Å². The van der Waals surface area contributed by atoms with Crippen molar-refractivity contribution in [3.63, 3.8) is 0 Å². The number of carbonyl (C=O) groups excluding carboxylic acids is 5. The monoisotopic (exact) mass is 716 g/mol. The summed E-state index contributed by atoms with van der Waals surface area (Å²) in [6.07, 6.45) is 0.659. The molecule has 1 aliphatic rings. The second kappa shape index (κ2) is 18.1. The molecule has 1 aliphatic heterocycles. The summed E-state index contributed by atoms with van der Waals surface area (Å²) in [5.41, 5.74) is 3.79. The summed E-state index contributed by atoms with van der Waals surface area (Å²) in [6, 6.07) is 13.6. The summed E-state index contributed by atoms with van der Waals surface area (Å²) >= 11 is 1.37. The average Bonchev–Trinajstić information content (AvgIpc) is 3.60. The highest BCUT2D eigenvalue weighted by Gasteiger charge is 2.40. The van der Waals surface area contributed by atoms with Crippen molar-refractivity contribution in [2.75, 3.05) is 7.05 Å². The number of rotatable bonds is 10. The lowest BCUT2D eigenvalue weighted by atomic mass is 9.84. The molecule has 3 aromatic rings. The lowest BCUT2D eigenvalue weighted by Gasteiger charge is -2.35. The summed E-state index contributed by atoms with van der Waals surface area (Å²) in [6.45, 7) is 11.5. The van der Waals surface area contributed by atoms with Crippen LogP contribution in [0.4, 0.5) is 0 Å². The van der Waals surface area contributed by atoms with Gasteiger partial charge in [0.1, 0.15) is 30.2 Å². The topological polar surface area (TPSA) is 150 Å². The minimum atomic E-state index is -1.19. The molecule has 4 N–H and O–H groups in total. The molecule has 2 heterocycles. The van der Waals surface area contributed by atoms with E-state index in [0.29, 0.717) is 12.1 Å². The average molecular weight is 717 g/mol. The highest BCUT2D eigenvalue weighted by molar-refractivity contribution is 7.07. The molecule has 0 radical (unpaired) electrons. The molecule has 5 amide bonds. The molecule has 2 aromatic carbocycles. The number of hydrogen-bond donors (Lipinski definition) is 4. The molecule has 274 valence electrons. The Labute approximate surface area is 305 Å². The highest BCUT2D eigenvalue weighted by atomic mass is 32.1. The van der Waals surface area contributed by atoms with Crippen molar-refractivity contribution in [1.82, 2.24) is 31.2 Å². The zero-order valence-electron chi connectivity index (χ0n) is 30.6. The molecule has 1 saturated heterocycles. The number of hydrogen-bond acceptors (Lipinski definition) is 7. The Balaban J connectivity index is 1.90. The second-order valence-electron chi connectivity index (χ2n) is 14.5. The zero-order valence-corrected chi connectivity index (χ0v) is 31.4. The van der Waals surface area contributed by atoms with E-state index in [-0.39, 0.29) is 30.6 Å². The number of likely N-dealkylation sites (N-methyl/N-ethyl adjacent to an activating group) is 1. The molecule has 0 spiro atoms. The maximum atomic E-state index is 14.7. The van der Waals surface area contributed by atoms with Gasteiger partial charge in [-0.1, -0.05) is 102 Å². The summed E-state index contributed by atoms with van der Waals surface area (Å²) in [7, 11) is 1.55. The van der Waals surface area contributed by atoms with Crippen LogP contribution in [0.25, 0.3) is 0 Å². The van der Waals surface area contributed by atoms with Gasteiger partial charge in [0.15, 0.2) is 0 Å². The fourth-order valence-corrected chi connectivity index (χ4v) is 7.28. The molecule has 1 fully saturated rings. The number of amides is 5. The molecule has 51 heavy (non-hydrogen) atoms. The minimum absolute atomic E-state index is 0.00560. The highest BCUT2D eigenvalue weighted by Crippen LogP contribution is 2.29. The van der Waals surface area contributed by atoms with Gasteiger partial charge in [-0.15, -0.1) is 11.3 Å². The van der Waals surface area contributed by atoms with Crippen LogP contribution in [0.15, 0.2) is 71.6 Å². The Morgan fingerprint density at radius 1 is 0.667 bits per heavy atom. The standard InChI is InChI=1S/C39H52N6O5S/c1-23(2)18-29-36(47)44-33(32(26-14-10-8-11-15-26)27-16-12-9-13-17-27)37(48)41-30(20-28-21-51-22-40-28)35(46)43-31(19-24(3)4)39(50)45(7)34(25(5)6)38(49)42-29/h8-17,21-25,29-34H,18-20H2,1-7H3,(H,41,48)(H,42,49)(H,43,46)(H,44,47)/t29-,30+,31+,33+,34-/m0/s1. The molecule has 1 aromatic heterocycles. The van der Waals surface area contributed by atoms with E-state index in [1.807, 2.05) is 102 Å². The van der Waals surface area contributed by atoms with Crippen molar-refractivity contribution >= 4 is 40.9 Å². The van der Waals surface area contributed by atoms with E-state index >= 15 is 0 Å². The molecule has 4 rings (SSSR count). The molecule has 0 aliphatic carbocycles. The minimum Gasteiger partial charge on any atom is -0.342 e. The fourth-order valence-electron chi connectivity index (χ4n) is 6.70. The summed E-state index contributed by atoms with van der Waals surface area (Å²) in [5, 5.41) is 13.6. The van der Waals surface area contributed by atoms with Crippen molar-refractivity contribution in [1.29, 1.82) is 0 Å². The van der Waals surface area contributed by atoms with Gasteiger partial charge in [0, 0.05) is 24.8 Å². The van der Waals surface area contributed by atoms with Crippen molar-refractivity contribution in [2.45, 2.75) is 96.9 Å². The van der Waals surface area contributed by atoms with Crippen LogP contribution in [0.2, 0.25) is 0 Å². The summed E-state index contributed by atoms with van der Waals surface area (Å²) in [4.78, 5) is 77.2. The predicted octanol–water partition coefficient (Wildman–Crippen LogP) is 4.05. The Hall–Kier alpha value is -4.58. The molecular weight excluding hydrogens is 665 g/mol. The van der Waals surface area contributed by atoms with Gasteiger partial charge in [-0.2, -0.15) is 0 Å². The smallest absolute Gasteiger partial charge is 0.245 e. The third-order valence-corrected chi connectivity index (χ3v) is 9.72. The van der Waals surface area contributed by atoms with E-state index in [4.69, 9.17) is 0 Å². The maximum absolute atomic E-state index is 14.7. The van der Waals surface area contributed by atoms with E-state index in [2.05, 4.69) is 26.3 Å². The third kappa shape index (κ3) is 10.5. The SMILES string of the molecule is CC(C)C[C@@H]1NC(=O)[C@H](C(C)C)N(C)C(=O)[C@@H](CC(C)C)NC(=O)[C@@H](Cc2cscn2)NC(=O)[C@@H](C(c2ccccc2)c2ccccc2)NC1=O. The van der Waals surface area contributed by atoms with Crippen LogP contribution in [-0.2, 0) is 30.4 Å². The number of nitrogens with one attached hydrogen (secondary N) is 4. The van der Waals surface area contributed by atoms with Crippen LogP contribution < -0.4 is 21.3 Å². The molecule has 11 nitrogen and oxygen atoms in total. The molecule has 5 atom stereocenters. The number of carbonyl (C=O) groups is 5. The fraction of sp³-hybridized carbons (Fsp3) is 0.487. The Kier molecular flexibility index (Phi) is 13.9. The third-order valence-electron chi connectivity index (χ3n) is 9.09. The van der Waals surface area contributed by atoms with Crippen LogP contribution in [-0.4, -0.2) is 76.7 Å². The Morgan fingerprint density at radius 3 is 1.69 bits per heavy atom. The van der Waals surface area contributed by atoms with Crippen molar-refractivity contribution in [3.05, 3.63) is 88.4 Å². The molecule has 0 saturated carbocycles. The molecule has 12 heteroatoms. The first-order valence-electron chi connectivity index (χ1n) is 17.7. The van der Waals surface area contributed by atoms with Gasteiger partial charge in [-0.05, 0) is 41.7 Å². The normalized spacial score (nSPS) is 22.8. The quantitative estimate of drug-likeness (QED) is 0.249. The van der Waals surface area contributed by atoms with E-state index in [9.17, 15) is 24.0 Å². The largest absolute Gasteiger partial charge is 0.342 e. The Bertz CT molecular complexity index is 1580. The van der Waals surface area contributed by atoms with Crippen LogP contribution in [0.5, 0.6) is 0 Å². The second-order valence-corrected chi connectivity index (χ2v) is 15.3. The van der Waals surface area contributed by atoms with Gasteiger partial charge in [-0.3, -0.25) is 24.0 Å². The predicted molar refractivity (Wildman–Crippen MR) is 199 cm³/mol. The number of thiazole rings is 1. The van der Waals surface area contributed by atoms with Crippen LogP contribution in [0.1, 0.15) is 77.1 Å². The molecule has 0 bridgehead atoms. The van der Waals surface area contributed by atoms with Crippen molar-refractivity contribution in [3.8, 4) is 0 Å². The van der Waals surface area contributed by atoms with Gasteiger partial charge in [0.2, 0.25) is 29.5 Å². The van der Waals surface area contributed by atoms with Crippen LogP contribution >= 0.6 is 11.3 Å². The number of nitrogens with zero attached hydrogens (tertiary/aromatic N) is 2.